The Hall–Kier alpha value is -0.880. The van der Waals surface area contributed by atoms with E-state index in [1.165, 1.54) is 0 Å². The Bertz CT molecular complexity index is 310. The molecule has 0 aliphatic carbocycles. The molecular formula is C11H18NOP. The van der Waals surface area contributed by atoms with Crippen LogP contribution in [0.4, 0.5) is 0 Å². The highest BCUT2D eigenvalue weighted by molar-refractivity contribution is 7.27. The van der Waals surface area contributed by atoms with E-state index in [4.69, 9.17) is 5.73 Å². The molecule has 1 rings (SSSR count). The van der Waals surface area contributed by atoms with Crippen molar-refractivity contribution >= 4 is 20.5 Å². The van der Waals surface area contributed by atoms with Gasteiger partial charge in [0.15, 0.2) is 0 Å². The molecular weight excluding hydrogens is 193 g/mol. The Morgan fingerprint density at radius 1 is 1.43 bits per heavy atom. The molecule has 2 N–H and O–H groups in total. The van der Waals surface area contributed by atoms with Gasteiger partial charge in [-0.3, -0.25) is 4.79 Å². The van der Waals surface area contributed by atoms with Gasteiger partial charge < -0.3 is 5.73 Å². The number of rotatable bonds is 2. The van der Waals surface area contributed by atoms with Crippen molar-refractivity contribution in [1.29, 1.82) is 0 Å². The second-order valence-corrected chi connectivity index (χ2v) is 3.26. The van der Waals surface area contributed by atoms with E-state index in [9.17, 15) is 4.79 Å². The molecule has 0 fully saturated rings. The largest absolute Gasteiger partial charge is 0.366 e. The first-order chi connectivity index (χ1) is 6.65. The van der Waals surface area contributed by atoms with E-state index < -0.39 is 0 Å². The summed E-state index contributed by atoms with van der Waals surface area (Å²) < 4.78 is 0. The lowest BCUT2D eigenvalue weighted by atomic mass is 10.1. The minimum Gasteiger partial charge on any atom is -0.366 e. The van der Waals surface area contributed by atoms with Crippen molar-refractivity contribution in [3.05, 3.63) is 29.3 Å². The zero-order valence-corrected chi connectivity index (χ0v) is 10.2. The number of hydrogen-bond acceptors (Lipinski definition) is 1. The van der Waals surface area contributed by atoms with Crippen molar-refractivity contribution < 1.29 is 4.79 Å². The highest BCUT2D eigenvalue weighted by atomic mass is 31.0. The zero-order chi connectivity index (χ0) is 11.1. The van der Waals surface area contributed by atoms with Crippen LogP contribution in [0.5, 0.6) is 0 Å². The number of amides is 1. The van der Waals surface area contributed by atoms with Crippen molar-refractivity contribution in [2.75, 3.05) is 0 Å². The Morgan fingerprint density at radius 2 is 2.00 bits per heavy atom. The summed E-state index contributed by atoms with van der Waals surface area (Å²) >= 11 is 0. The van der Waals surface area contributed by atoms with Crippen molar-refractivity contribution in [3.8, 4) is 0 Å². The van der Waals surface area contributed by atoms with Gasteiger partial charge in [-0.15, -0.1) is 9.24 Å². The molecule has 0 aliphatic heterocycles. The Balaban J connectivity index is 0.000000791. The quantitative estimate of drug-likeness (QED) is 0.746. The van der Waals surface area contributed by atoms with Gasteiger partial charge in [0.05, 0.1) is 0 Å². The van der Waals surface area contributed by atoms with Gasteiger partial charge in [-0.05, 0) is 23.4 Å². The van der Waals surface area contributed by atoms with Crippen LogP contribution in [0.3, 0.4) is 0 Å². The lowest BCUT2D eigenvalue weighted by molar-refractivity contribution is 0.100. The van der Waals surface area contributed by atoms with Crippen molar-refractivity contribution in [1.82, 2.24) is 0 Å². The molecule has 0 aliphatic rings. The normalized spacial score (nSPS) is 8.86. The third-order valence-electron chi connectivity index (χ3n) is 1.79. The molecule has 78 valence electrons. The number of aryl methyl sites for hydroxylation is 1. The molecule has 1 aromatic rings. The SMILES string of the molecule is CC.CCc1ccc(P)c(C(N)=O)c1. The minimum atomic E-state index is -0.365. The van der Waals surface area contributed by atoms with Gasteiger partial charge >= 0.3 is 0 Å². The predicted octanol–water partition coefficient (Wildman–Crippen LogP) is 1.87. The van der Waals surface area contributed by atoms with Crippen molar-refractivity contribution in [3.63, 3.8) is 0 Å². The third-order valence-corrected chi connectivity index (χ3v) is 2.29. The highest BCUT2D eigenvalue weighted by Gasteiger charge is 2.04. The molecule has 1 amide bonds. The first kappa shape index (κ1) is 13.1. The molecule has 0 aromatic heterocycles. The van der Waals surface area contributed by atoms with E-state index in [1.54, 1.807) is 0 Å². The summed E-state index contributed by atoms with van der Waals surface area (Å²) in [4.78, 5) is 10.9. The summed E-state index contributed by atoms with van der Waals surface area (Å²) in [5, 5.41) is 0.861. The fraction of sp³-hybridized carbons (Fsp3) is 0.364. The second kappa shape index (κ2) is 6.56. The van der Waals surface area contributed by atoms with E-state index in [0.717, 1.165) is 17.3 Å². The van der Waals surface area contributed by atoms with Crippen LogP contribution >= 0.6 is 9.24 Å². The topological polar surface area (TPSA) is 43.1 Å². The van der Waals surface area contributed by atoms with Crippen LogP contribution in [-0.4, -0.2) is 5.91 Å². The van der Waals surface area contributed by atoms with E-state index in [2.05, 4.69) is 9.24 Å². The Morgan fingerprint density at radius 3 is 2.43 bits per heavy atom. The summed E-state index contributed by atoms with van der Waals surface area (Å²) in [6.07, 6.45) is 0.922. The molecule has 0 heterocycles. The van der Waals surface area contributed by atoms with Crippen LogP contribution in [0.25, 0.3) is 0 Å². The maximum absolute atomic E-state index is 10.9. The van der Waals surface area contributed by atoms with Gasteiger partial charge in [0.1, 0.15) is 0 Å². The number of primary amides is 1. The van der Waals surface area contributed by atoms with Crippen molar-refractivity contribution in [2.24, 2.45) is 5.73 Å². The molecule has 0 radical (unpaired) electrons. The molecule has 3 heteroatoms. The molecule has 1 unspecified atom stereocenters. The second-order valence-electron chi connectivity index (χ2n) is 2.64. The van der Waals surface area contributed by atoms with Crippen LogP contribution in [0, 0.1) is 0 Å². The van der Waals surface area contributed by atoms with E-state index in [0.29, 0.717) is 5.56 Å². The van der Waals surface area contributed by atoms with Crippen LogP contribution in [0.15, 0.2) is 18.2 Å². The monoisotopic (exact) mass is 211 g/mol. The number of carbonyl (C=O) groups excluding carboxylic acids is 1. The van der Waals surface area contributed by atoms with Crippen LogP contribution in [0.1, 0.15) is 36.7 Å². The average Bonchev–Trinajstić information content (AvgIpc) is 2.21. The molecule has 1 atom stereocenters. The van der Waals surface area contributed by atoms with Crippen LogP contribution in [0.2, 0.25) is 0 Å². The van der Waals surface area contributed by atoms with Crippen molar-refractivity contribution in [2.45, 2.75) is 27.2 Å². The first-order valence-corrected chi connectivity index (χ1v) is 5.41. The fourth-order valence-electron chi connectivity index (χ4n) is 1.04. The van der Waals surface area contributed by atoms with Gasteiger partial charge in [0, 0.05) is 5.56 Å². The smallest absolute Gasteiger partial charge is 0.249 e. The maximum Gasteiger partial charge on any atom is 0.249 e. The van der Waals surface area contributed by atoms with Gasteiger partial charge in [0.25, 0.3) is 0 Å². The fourth-order valence-corrected chi connectivity index (χ4v) is 1.36. The van der Waals surface area contributed by atoms with E-state index >= 15 is 0 Å². The summed E-state index contributed by atoms with van der Waals surface area (Å²) in [7, 11) is 2.50. The first-order valence-electron chi connectivity index (χ1n) is 4.83. The van der Waals surface area contributed by atoms with Crippen LogP contribution in [-0.2, 0) is 6.42 Å². The molecule has 14 heavy (non-hydrogen) atoms. The minimum absolute atomic E-state index is 0.365. The summed E-state index contributed by atoms with van der Waals surface area (Å²) in [6, 6.07) is 5.73. The Labute approximate surface area is 88.1 Å². The maximum atomic E-state index is 10.9. The van der Waals surface area contributed by atoms with Crippen LogP contribution < -0.4 is 11.0 Å². The molecule has 0 bridgehead atoms. The Kier molecular flexibility index (Phi) is 6.14. The van der Waals surface area contributed by atoms with Gasteiger partial charge in [0.2, 0.25) is 5.91 Å². The number of hydrogen-bond donors (Lipinski definition) is 1. The van der Waals surface area contributed by atoms with Gasteiger partial charge in [-0.25, -0.2) is 0 Å². The number of nitrogens with two attached hydrogens (primary N) is 1. The van der Waals surface area contributed by atoms with E-state index in [1.807, 2.05) is 39.0 Å². The molecule has 2 nitrogen and oxygen atoms in total. The van der Waals surface area contributed by atoms with Gasteiger partial charge in [-0.2, -0.15) is 0 Å². The summed E-state index contributed by atoms with van der Waals surface area (Å²) in [6.45, 7) is 6.04. The van der Waals surface area contributed by atoms with E-state index in [-0.39, 0.29) is 5.91 Å². The lowest BCUT2D eigenvalue weighted by Crippen LogP contribution is -2.18. The summed E-state index contributed by atoms with van der Waals surface area (Å²) in [5.41, 5.74) is 6.92. The number of benzene rings is 1. The molecule has 0 saturated heterocycles. The standard InChI is InChI=1S/C9H12NOP.C2H6/c1-2-6-3-4-8(12)7(5-6)9(10)11;1-2/h3-5H,2,12H2,1H3,(H2,10,11);1-2H3. The summed E-state index contributed by atoms with van der Waals surface area (Å²) in [5.74, 6) is -0.365. The van der Waals surface area contributed by atoms with Gasteiger partial charge in [-0.1, -0.05) is 32.9 Å². The average molecular weight is 211 g/mol. The number of carbonyl (C=O) groups is 1. The molecule has 0 spiro atoms. The molecule has 0 saturated carbocycles. The predicted molar refractivity (Wildman–Crippen MR) is 65.0 cm³/mol. The highest BCUT2D eigenvalue weighted by Crippen LogP contribution is 2.05. The zero-order valence-electron chi connectivity index (χ0n) is 9.00. The third kappa shape index (κ3) is 3.47. The lowest BCUT2D eigenvalue weighted by Gasteiger charge is -2.03. The molecule has 1 aromatic carbocycles.